The highest BCUT2D eigenvalue weighted by Gasteiger charge is 2.49. The van der Waals surface area contributed by atoms with Crippen LogP contribution in [-0.4, -0.2) is 30.9 Å². The van der Waals surface area contributed by atoms with Crippen molar-refractivity contribution in [2.75, 3.05) is 7.11 Å². The van der Waals surface area contributed by atoms with Crippen molar-refractivity contribution in [3.05, 3.63) is 11.8 Å². The van der Waals surface area contributed by atoms with Crippen LogP contribution in [0.1, 0.15) is 46.0 Å². The highest BCUT2D eigenvalue weighted by atomic mass is 16.6. The maximum absolute atomic E-state index is 11.7. The molecule has 0 N–H and O–H groups in total. The molecule has 0 aromatic rings. The molecule has 4 heteroatoms. The number of rotatable bonds is 1. The van der Waals surface area contributed by atoms with Gasteiger partial charge in [0.15, 0.2) is 0 Å². The molecule has 2 fully saturated rings. The van der Waals surface area contributed by atoms with E-state index in [0.29, 0.717) is 23.7 Å². The minimum atomic E-state index is -0.411. The Morgan fingerprint density at radius 1 is 1.35 bits per heavy atom. The van der Waals surface area contributed by atoms with Crippen LogP contribution in [0.25, 0.3) is 0 Å². The Kier molecular flexibility index (Phi) is 3.53. The molecular weight excluding hydrogens is 256 g/mol. The lowest BCUT2D eigenvalue weighted by Gasteiger charge is -2.50. The molecule has 2 aliphatic heterocycles. The molecule has 4 atom stereocenters. The lowest BCUT2D eigenvalue weighted by atomic mass is 9.70. The van der Waals surface area contributed by atoms with Crippen molar-refractivity contribution in [1.82, 2.24) is 0 Å². The van der Waals surface area contributed by atoms with Gasteiger partial charge >= 0.3 is 5.97 Å². The summed E-state index contributed by atoms with van der Waals surface area (Å²) in [5.74, 6) is 0.857. The molecule has 0 aromatic heterocycles. The van der Waals surface area contributed by atoms with Crippen molar-refractivity contribution in [3.63, 3.8) is 0 Å². The van der Waals surface area contributed by atoms with Crippen LogP contribution in [-0.2, 0) is 19.0 Å². The lowest BCUT2D eigenvalue weighted by molar-refractivity contribution is -0.181. The van der Waals surface area contributed by atoms with E-state index in [0.717, 1.165) is 12.8 Å². The van der Waals surface area contributed by atoms with Crippen LogP contribution >= 0.6 is 0 Å². The summed E-state index contributed by atoms with van der Waals surface area (Å²) >= 11 is 0. The van der Waals surface area contributed by atoms with E-state index in [1.807, 2.05) is 19.9 Å². The van der Waals surface area contributed by atoms with E-state index in [2.05, 4.69) is 0 Å². The molecule has 0 aromatic carbocycles. The number of ether oxygens (including phenoxy) is 3. The summed E-state index contributed by atoms with van der Waals surface area (Å²) in [4.78, 5) is 11.7. The van der Waals surface area contributed by atoms with Gasteiger partial charge in [0.2, 0.25) is 5.76 Å². The quantitative estimate of drug-likeness (QED) is 0.693. The zero-order valence-corrected chi connectivity index (χ0v) is 12.6. The Morgan fingerprint density at radius 3 is 2.85 bits per heavy atom. The fraction of sp³-hybridized carbons (Fsp3) is 0.812. The molecule has 2 heterocycles. The molecule has 1 saturated carbocycles. The van der Waals surface area contributed by atoms with E-state index in [-0.39, 0.29) is 11.7 Å². The second-order valence-corrected chi connectivity index (χ2v) is 6.75. The topological polar surface area (TPSA) is 44.8 Å². The average molecular weight is 280 g/mol. The van der Waals surface area contributed by atoms with Gasteiger partial charge in [0.1, 0.15) is 5.60 Å². The molecule has 0 bridgehead atoms. The zero-order chi connectivity index (χ0) is 14.3. The van der Waals surface area contributed by atoms with Gasteiger partial charge in [0.05, 0.1) is 19.3 Å². The number of carbonyl (C=O) groups excluding carboxylic acids is 1. The molecule has 0 amide bonds. The Morgan fingerprint density at radius 2 is 2.10 bits per heavy atom. The van der Waals surface area contributed by atoms with Crippen molar-refractivity contribution >= 4 is 5.97 Å². The van der Waals surface area contributed by atoms with Gasteiger partial charge in [-0.15, -0.1) is 0 Å². The molecule has 20 heavy (non-hydrogen) atoms. The number of methoxy groups -OCH3 is 1. The standard InChI is InChI=1S/C16H24O4/c1-16(2)11-8-10-6-4-5-7-12(10)19-13(11)9-14(20-16)15(17)18-3/h9-13H,4-8H2,1-3H3/t10-,11+,12+,13-/m0/s1. The number of hydrogen-bond donors (Lipinski definition) is 0. The Bertz CT molecular complexity index is 426. The van der Waals surface area contributed by atoms with E-state index in [9.17, 15) is 4.79 Å². The molecule has 4 nitrogen and oxygen atoms in total. The van der Waals surface area contributed by atoms with Gasteiger partial charge in [0.25, 0.3) is 0 Å². The van der Waals surface area contributed by atoms with Crippen LogP contribution in [0.4, 0.5) is 0 Å². The summed E-state index contributed by atoms with van der Waals surface area (Å²) in [6, 6.07) is 0. The van der Waals surface area contributed by atoms with Gasteiger partial charge in [-0.25, -0.2) is 4.79 Å². The van der Waals surface area contributed by atoms with Crippen molar-refractivity contribution in [1.29, 1.82) is 0 Å². The first-order valence-electron chi connectivity index (χ1n) is 7.66. The summed E-state index contributed by atoms with van der Waals surface area (Å²) < 4.78 is 17.0. The minimum absolute atomic E-state index is 0.0211. The van der Waals surface area contributed by atoms with Crippen LogP contribution in [0.5, 0.6) is 0 Å². The van der Waals surface area contributed by atoms with Crippen molar-refractivity contribution < 1.29 is 19.0 Å². The molecule has 0 spiro atoms. The number of esters is 1. The summed E-state index contributed by atoms with van der Waals surface area (Å²) in [6.07, 6.45) is 8.27. The third kappa shape index (κ3) is 2.34. The maximum atomic E-state index is 11.7. The predicted octanol–water partition coefficient (Wildman–Crippen LogP) is 2.82. The first-order chi connectivity index (χ1) is 9.51. The second kappa shape index (κ2) is 5.06. The van der Waals surface area contributed by atoms with Gasteiger partial charge < -0.3 is 14.2 Å². The molecule has 0 unspecified atom stereocenters. The fourth-order valence-corrected chi connectivity index (χ4v) is 3.97. The molecule has 1 saturated heterocycles. The summed E-state index contributed by atoms with van der Waals surface area (Å²) in [5.41, 5.74) is -0.384. The summed E-state index contributed by atoms with van der Waals surface area (Å²) in [5, 5.41) is 0. The number of carbonyl (C=O) groups is 1. The van der Waals surface area contributed by atoms with Gasteiger partial charge in [-0.05, 0) is 45.1 Å². The van der Waals surface area contributed by atoms with Gasteiger partial charge in [-0.3, -0.25) is 0 Å². The minimum Gasteiger partial charge on any atom is -0.480 e. The van der Waals surface area contributed by atoms with E-state index >= 15 is 0 Å². The first-order valence-corrected chi connectivity index (χ1v) is 7.66. The normalized spacial score (nSPS) is 38.9. The van der Waals surface area contributed by atoms with Crippen LogP contribution in [0.3, 0.4) is 0 Å². The van der Waals surface area contributed by atoms with Gasteiger partial charge in [0, 0.05) is 5.92 Å². The number of fused-ring (bicyclic) bond motifs is 2. The highest BCUT2D eigenvalue weighted by Crippen LogP contribution is 2.46. The Hall–Kier alpha value is -1.03. The molecule has 3 aliphatic rings. The van der Waals surface area contributed by atoms with Crippen molar-refractivity contribution in [2.45, 2.75) is 63.8 Å². The molecule has 112 valence electrons. The van der Waals surface area contributed by atoms with Crippen LogP contribution in [0.15, 0.2) is 11.8 Å². The Balaban J connectivity index is 1.85. The third-order valence-electron chi connectivity index (χ3n) is 5.09. The van der Waals surface area contributed by atoms with Crippen LogP contribution in [0.2, 0.25) is 0 Å². The smallest absolute Gasteiger partial charge is 0.373 e. The van der Waals surface area contributed by atoms with Crippen molar-refractivity contribution in [3.8, 4) is 0 Å². The lowest BCUT2D eigenvalue weighted by Crippen LogP contribution is -2.53. The Labute approximate surface area is 120 Å². The fourth-order valence-electron chi connectivity index (χ4n) is 3.97. The van der Waals surface area contributed by atoms with E-state index < -0.39 is 5.97 Å². The van der Waals surface area contributed by atoms with E-state index in [1.165, 1.54) is 26.4 Å². The summed E-state index contributed by atoms with van der Waals surface area (Å²) in [6.45, 7) is 4.10. The highest BCUT2D eigenvalue weighted by molar-refractivity contribution is 5.86. The molecule has 1 aliphatic carbocycles. The molecule has 3 rings (SSSR count). The largest absolute Gasteiger partial charge is 0.480 e. The molecular formula is C16H24O4. The van der Waals surface area contributed by atoms with Gasteiger partial charge in [-0.2, -0.15) is 0 Å². The van der Waals surface area contributed by atoms with E-state index in [4.69, 9.17) is 14.2 Å². The zero-order valence-electron chi connectivity index (χ0n) is 12.6. The molecule has 0 radical (unpaired) electrons. The second-order valence-electron chi connectivity index (χ2n) is 6.75. The van der Waals surface area contributed by atoms with Crippen molar-refractivity contribution in [2.24, 2.45) is 11.8 Å². The SMILES string of the molecule is COC(=O)C1=C[C@@H]2O[C@@H]3CCCC[C@H]3C[C@H]2C(C)(C)O1. The number of hydrogen-bond acceptors (Lipinski definition) is 4. The monoisotopic (exact) mass is 280 g/mol. The van der Waals surface area contributed by atoms with Crippen LogP contribution in [0, 0.1) is 11.8 Å². The average Bonchev–Trinajstić information content (AvgIpc) is 2.44. The predicted molar refractivity (Wildman–Crippen MR) is 74.0 cm³/mol. The third-order valence-corrected chi connectivity index (χ3v) is 5.09. The van der Waals surface area contributed by atoms with Gasteiger partial charge in [-0.1, -0.05) is 12.8 Å². The maximum Gasteiger partial charge on any atom is 0.373 e. The van der Waals surface area contributed by atoms with E-state index in [1.54, 1.807) is 0 Å². The summed E-state index contributed by atoms with van der Waals surface area (Å²) in [7, 11) is 1.38. The van der Waals surface area contributed by atoms with Crippen LogP contribution < -0.4 is 0 Å². The first kappa shape index (κ1) is 13.9.